The highest BCUT2D eigenvalue weighted by molar-refractivity contribution is 6.32. The van der Waals surface area contributed by atoms with E-state index in [-0.39, 0.29) is 17.7 Å². The SMILES string of the molecule is CCOC(=O)c1cnc2c(C)c(Cl)ccc2c1Nc1ccc(C(=O)O)cc1. The Kier molecular flexibility index (Phi) is 5.28. The lowest BCUT2D eigenvalue weighted by atomic mass is 10.1. The molecule has 0 saturated carbocycles. The fraction of sp³-hybridized carbons (Fsp3) is 0.150. The summed E-state index contributed by atoms with van der Waals surface area (Å²) in [5, 5.41) is 13.5. The maximum Gasteiger partial charge on any atom is 0.341 e. The molecule has 0 aliphatic rings. The number of ether oxygens (including phenoxy) is 1. The number of carboxylic acids is 1. The summed E-state index contributed by atoms with van der Waals surface area (Å²) in [6, 6.07) is 9.77. The van der Waals surface area contributed by atoms with Crippen molar-refractivity contribution in [3.05, 3.63) is 64.3 Å². The Morgan fingerprint density at radius 1 is 1.19 bits per heavy atom. The Morgan fingerprint density at radius 3 is 2.52 bits per heavy atom. The Labute approximate surface area is 160 Å². The molecule has 0 radical (unpaired) electrons. The van der Waals surface area contributed by atoms with E-state index in [0.29, 0.717) is 27.3 Å². The minimum atomic E-state index is -1.01. The number of aromatic carboxylic acids is 1. The Balaban J connectivity index is 2.14. The molecule has 3 rings (SSSR count). The third-order valence-corrected chi connectivity index (χ3v) is 4.53. The third kappa shape index (κ3) is 3.71. The van der Waals surface area contributed by atoms with Gasteiger partial charge in [0.25, 0.3) is 0 Å². The number of aromatic nitrogens is 1. The molecule has 0 unspecified atom stereocenters. The number of hydrogen-bond acceptors (Lipinski definition) is 5. The van der Waals surface area contributed by atoms with Crippen molar-refractivity contribution < 1.29 is 19.4 Å². The first-order valence-electron chi connectivity index (χ1n) is 8.27. The molecule has 2 N–H and O–H groups in total. The molecule has 0 amide bonds. The first-order valence-corrected chi connectivity index (χ1v) is 8.65. The molecular formula is C20H17ClN2O4. The second-order valence-corrected chi connectivity index (χ2v) is 6.25. The van der Waals surface area contributed by atoms with Crippen LogP contribution in [0.4, 0.5) is 11.4 Å². The van der Waals surface area contributed by atoms with E-state index in [2.05, 4.69) is 10.3 Å². The number of nitrogens with one attached hydrogen (secondary N) is 1. The maximum atomic E-state index is 12.4. The molecule has 0 saturated heterocycles. The summed E-state index contributed by atoms with van der Waals surface area (Å²) in [6.45, 7) is 3.82. The van der Waals surface area contributed by atoms with E-state index in [4.69, 9.17) is 21.4 Å². The quantitative estimate of drug-likeness (QED) is 0.613. The average Bonchev–Trinajstić information content (AvgIpc) is 2.65. The standard InChI is InChI=1S/C20H17ClN2O4/c1-3-27-20(26)15-10-22-17-11(2)16(21)9-8-14(17)18(15)23-13-6-4-12(5-7-13)19(24)25/h4-10H,3H2,1-2H3,(H,22,23)(H,24,25). The predicted molar refractivity (Wildman–Crippen MR) is 104 cm³/mol. The molecule has 138 valence electrons. The highest BCUT2D eigenvalue weighted by Gasteiger charge is 2.18. The number of esters is 1. The highest BCUT2D eigenvalue weighted by Crippen LogP contribution is 2.33. The van der Waals surface area contributed by atoms with Gasteiger partial charge in [-0.1, -0.05) is 11.6 Å². The van der Waals surface area contributed by atoms with Gasteiger partial charge in [0, 0.05) is 22.3 Å². The minimum Gasteiger partial charge on any atom is -0.478 e. The van der Waals surface area contributed by atoms with Crippen LogP contribution in [0, 0.1) is 6.92 Å². The van der Waals surface area contributed by atoms with Gasteiger partial charge in [-0.3, -0.25) is 4.98 Å². The summed E-state index contributed by atoms with van der Waals surface area (Å²) in [5.74, 6) is -1.50. The third-order valence-electron chi connectivity index (χ3n) is 4.12. The van der Waals surface area contributed by atoms with E-state index in [9.17, 15) is 9.59 Å². The number of fused-ring (bicyclic) bond motifs is 1. The molecule has 0 aliphatic carbocycles. The number of anilines is 2. The van der Waals surface area contributed by atoms with Crippen molar-refractivity contribution in [3.63, 3.8) is 0 Å². The molecule has 6 nitrogen and oxygen atoms in total. The molecule has 0 spiro atoms. The highest BCUT2D eigenvalue weighted by atomic mass is 35.5. The van der Waals surface area contributed by atoms with Crippen LogP contribution in [0.15, 0.2) is 42.6 Å². The normalized spacial score (nSPS) is 10.6. The summed E-state index contributed by atoms with van der Waals surface area (Å²) in [7, 11) is 0. The number of carboxylic acid groups (broad SMARTS) is 1. The number of carbonyl (C=O) groups excluding carboxylic acids is 1. The van der Waals surface area contributed by atoms with Crippen LogP contribution >= 0.6 is 11.6 Å². The summed E-state index contributed by atoms with van der Waals surface area (Å²) < 4.78 is 5.14. The monoisotopic (exact) mass is 384 g/mol. The fourth-order valence-electron chi connectivity index (χ4n) is 2.72. The van der Waals surface area contributed by atoms with Crippen molar-refractivity contribution in [3.8, 4) is 0 Å². The van der Waals surface area contributed by atoms with Gasteiger partial charge >= 0.3 is 11.9 Å². The maximum absolute atomic E-state index is 12.4. The zero-order chi connectivity index (χ0) is 19.6. The molecule has 1 heterocycles. The van der Waals surface area contributed by atoms with Crippen molar-refractivity contribution in [2.75, 3.05) is 11.9 Å². The van der Waals surface area contributed by atoms with Crippen LogP contribution < -0.4 is 5.32 Å². The van der Waals surface area contributed by atoms with Gasteiger partial charge in [0.15, 0.2) is 0 Å². The smallest absolute Gasteiger partial charge is 0.341 e. The van der Waals surface area contributed by atoms with Gasteiger partial charge in [-0.05, 0) is 55.8 Å². The minimum absolute atomic E-state index is 0.174. The number of halogens is 1. The summed E-state index contributed by atoms with van der Waals surface area (Å²) in [5.41, 5.74) is 3.09. The molecule has 0 aliphatic heterocycles. The van der Waals surface area contributed by atoms with E-state index >= 15 is 0 Å². The molecular weight excluding hydrogens is 368 g/mol. The van der Waals surface area contributed by atoms with Crippen LogP contribution in [0.25, 0.3) is 10.9 Å². The molecule has 3 aromatic rings. The van der Waals surface area contributed by atoms with Crippen molar-refractivity contribution in [2.45, 2.75) is 13.8 Å². The largest absolute Gasteiger partial charge is 0.478 e. The molecule has 7 heteroatoms. The summed E-state index contributed by atoms with van der Waals surface area (Å²) in [6.07, 6.45) is 1.46. The van der Waals surface area contributed by atoms with Crippen molar-refractivity contribution in [1.82, 2.24) is 4.98 Å². The number of aryl methyl sites for hydroxylation is 1. The Hall–Kier alpha value is -3.12. The lowest BCUT2D eigenvalue weighted by Gasteiger charge is -2.15. The van der Waals surface area contributed by atoms with E-state index in [1.54, 1.807) is 31.2 Å². The lowest BCUT2D eigenvalue weighted by Crippen LogP contribution is -2.09. The van der Waals surface area contributed by atoms with Crippen LogP contribution in [0.2, 0.25) is 5.02 Å². The van der Waals surface area contributed by atoms with Gasteiger partial charge in [-0.25, -0.2) is 9.59 Å². The first-order chi connectivity index (χ1) is 12.9. The average molecular weight is 385 g/mol. The second kappa shape index (κ2) is 7.63. The number of nitrogens with zero attached hydrogens (tertiary/aromatic N) is 1. The number of pyridine rings is 1. The van der Waals surface area contributed by atoms with Gasteiger partial charge in [-0.2, -0.15) is 0 Å². The lowest BCUT2D eigenvalue weighted by molar-refractivity contribution is 0.0526. The van der Waals surface area contributed by atoms with E-state index < -0.39 is 11.9 Å². The number of rotatable bonds is 5. The molecule has 1 aromatic heterocycles. The number of hydrogen-bond donors (Lipinski definition) is 2. The Morgan fingerprint density at radius 2 is 1.89 bits per heavy atom. The number of benzene rings is 2. The van der Waals surface area contributed by atoms with Crippen LogP contribution in [0.3, 0.4) is 0 Å². The van der Waals surface area contributed by atoms with Crippen molar-refractivity contribution >= 4 is 45.8 Å². The van der Waals surface area contributed by atoms with Crippen molar-refractivity contribution in [1.29, 1.82) is 0 Å². The molecule has 27 heavy (non-hydrogen) atoms. The van der Waals surface area contributed by atoms with Crippen LogP contribution in [0.5, 0.6) is 0 Å². The van der Waals surface area contributed by atoms with Crippen LogP contribution in [0.1, 0.15) is 33.2 Å². The Bertz CT molecular complexity index is 1030. The second-order valence-electron chi connectivity index (χ2n) is 5.84. The van der Waals surface area contributed by atoms with Gasteiger partial charge in [0.2, 0.25) is 0 Å². The van der Waals surface area contributed by atoms with Crippen molar-refractivity contribution in [2.24, 2.45) is 0 Å². The summed E-state index contributed by atoms with van der Waals surface area (Å²) >= 11 is 6.19. The van der Waals surface area contributed by atoms with Gasteiger partial charge in [0.1, 0.15) is 5.56 Å². The van der Waals surface area contributed by atoms with Gasteiger partial charge < -0.3 is 15.2 Å². The van der Waals surface area contributed by atoms with E-state index in [1.807, 2.05) is 6.92 Å². The number of carbonyl (C=O) groups is 2. The zero-order valence-electron chi connectivity index (χ0n) is 14.7. The summed E-state index contributed by atoms with van der Waals surface area (Å²) in [4.78, 5) is 27.8. The molecule has 0 fully saturated rings. The van der Waals surface area contributed by atoms with Crippen LogP contribution in [-0.4, -0.2) is 28.6 Å². The topological polar surface area (TPSA) is 88.5 Å². The predicted octanol–water partition coefficient (Wildman–Crippen LogP) is 4.82. The fourth-order valence-corrected chi connectivity index (χ4v) is 2.87. The molecule has 2 aromatic carbocycles. The first kappa shape index (κ1) is 18.7. The van der Waals surface area contributed by atoms with E-state index in [1.165, 1.54) is 18.3 Å². The van der Waals surface area contributed by atoms with Crippen LogP contribution in [-0.2, 0) is 4.74 Å². The van der Waals surface area contributed by atoms with Gasteiger partial charge in [-0.15, -0.1) is 0 Å². The van der Waals surface area contributed by atoms with E-state index in [0.717, 1.165) is 5.56 Å². The van der Waals surface area contributed by atoms with Gasteiger partial charge in [0.05, 0.1) is 23.4 Å². The zero-order valence-corrected chi connectivity index (χ0v) is 15.5. The molecule has 0 bridgehead atoms. The molecule has 0 atom stereocenters.